The molecule has 55 heavy (non-hydrogen) atoms. The predicted octanol–water partition coefficient (Wildman–Crippen LogP) is 12.8. The largest absolute Gasteiger partial charge is 0.311 e. The van der Waals surface area contributed by atoms with E-state index < -0.39 is 0 Å². The number of benzene rings is 5. The van der Waals surface area contributed by atoms with Gasteiger partial charge in [-0.15, -0.1) is 11.3 Å². The summed E-state index contributed by atoms with van der Waals surface area (Å²) < 4.78 is 2.83. The van der Waals surface area contributed by atoms with Crippen LogP contribution in [-0.4, -0.2) is 6.71 Å². The number of hydrogen-bond donors (Lipinski definition) is 0. The highest BCUT2D eigenvalue weighted by Gasteiger charge is 2.48. The van der Waals surface area contributed by atoms with E-state index >= 15 is 0 Å². The highest BCUT2D eigenvalue weighted by Crippen LogP contribution is 2.53. The fourth-order valence-electron chi connectivity index (χ4n) is 10.7. The van der Waals surface area contributed by atoms with Gasteiger partial charge in [0.25, 0.3) is 6.71 Å². The zero-order valence-corrected chi connectivity index (χ0v) is 35.3. The van der Waals surface area contributed by atoms with E-state index in [0.717, 1.165) is 0 Å². The molecule has 2 aliphatic carbocycles. The monoisotopic (exact) mass is 738 g/mol. The smallest absolute Gasteiger partial charge is 0.264 e. The predicted molar refractivity (Wildman–Crippen MR) is 241 cm³/mol. The van der Waals surface area contributed by atoms with Crippen LogP contribution in [0.5, 0.6) is 0 Å². The van der Waals surface area contributed by atoms with Crippen molar-refractivity contribution in [2.24, 2.45) is 0 Å². The van der Waals surface area contributed by atoms with Crippen LogP contribution in [0.25, 0.3) is 10.1 Å². The van der Waals surface area contributed by atoms with E-state index in [1.807, 2.05) is 11.3 Å². The molecule has 6 aromatic rings. The molecule has 0 saturated heterocycles. The summed E-state index contributed by atoms with van der Waals surface area (Å²) in [5, 5.41) is 1.37. The van der Waals surface area contributed by atoms with Crippen LogP contribution in [-0.2, 0) is 21.7 Å². The molecule has 10 rings (SSSR count). The number of hydrogen-bond acceptors (Lipinski definition) is 3. The summed E-state index contributed by atoms with van der Waals surface area (Å²) in [7, 11) is 0. The summed E-state index contributed by atoms with van der Waals surface area (Å²) in [6.45, 7) is 24.5. The second-order valence-electron chi connectivity index (χ2n) is 20.1. The van der Waals surface area contributed by atoms with Crippen molar-refractivity contribution in [3.05, 3.63) is 125 Å². The number of anilines is 6. The normalized spacial score (nSPS) is 19.4. The van der Waals surface area contributed by atoms with Gasteiger partial charge in [-0.05, 0) is 147 Å². The summed E-state index contributed by atoms with van der Waals surface area (Å²) >= 11 is 2.01. The van der Waals surface area contributed by atoms with Crippen molar-refractivity contribution in [1.82, 2.24) is 0 Å². The molecule has 5 aromatic carbocycles. The van der Waals surface area contributed by atoms with Gasteiger partial charge in [0.2, 0.25) is 0 Å². The maximum absolute atomic E-state index is 2.68. The SMILES string of the molecule is CC(C)c1ccc2sc3c(c2c1)N(c1ccccc1)c1cccc2c1B3c1cc3c(cc1N2c1ccc2c(c1)C(C)(C)CCC2(C)C)C(C)(C)CCC3(C)C. The molecule has 278 valence electrons. The first-order chi connectivity index (χ1) is 26.1. The molecule has 0 bridgehead atoms. The van der Waals surface area contributed by atoms with E-state index in [1.54, 1.807) is 0 Å². The van der Waals surface area contributed by atoms with Gasteiger partial charge in [0, 0.05) is 43.3 Å². The van der Waals surface area contributed by atoms with Crippen molar-refractivity contribution in [3.63, 3.8) is 0 Å². The van der Waals surface area contributed by atoms with E-state index in [0.29, 0.717) is 5.92 Å². The third kappa shape index (κ3) is 5.05. The lowest BCUT2D eigenvalue weighted by molar-refractivity contribution is 0.332. The zero-order chi connectivity index (χ0) is 38.4. The van der Waals surface area contributed by atoms with Gasteiger partial charge >= 0.3 is 0 Å². The summed E-state index contributed by atoms with van der Waals surface area (Å²) in [6.07, 6.45) is 4.81. The minimum Gasteiger partial charge on any atom is -0.311 e. The molecular weight excluding hydrogens is 683 g/mol. The van der Waals surface area contributed by atoms with E-state index in [1.165, 1.54) is 113 Å². The van der Waals surface area contributed by atoms with E-state index in [4.69, 9.17) is 0 Å². The first kappa shape index (κ1) is 35.2. The molecule has 0 fully saturated rings. The molecule has 0 amide bonds. The van der Waals surface area contributed by atoms with Crippen molar-refractivity contribution in [3.8, 4) is 0 Å². The van der Waals surface area contributed by atoms with Gasteiger partial charge in [-0.3, -0.25) is 0 Å². The van der Waals surface area contributed by atoms with Gasteiger partial charge in [0.15, 0.2) is 0 Å². The van der Waals surface area contributed by atoms with Crippen molar-refractivity contribution in [2.45, 2.75) is 122 Å². The lowest BCUT2D eigenvalue weighted by atomic mass is 9.35. The number of fused-ring (bicyclic) bond motifs is 8. The average molecular weight is 739 g/mol. The fourth-order valence-corrected chi connectivity index (χ4v) is 12.0. The average Bonchev–Trinajstić information content (AvgIpc) is 3.53. The number of rotatable bonds is 3. The topological polar surface area (TPSA) is 6.48 Å². The number of nitrogens with zero attached hydrogens (tertiary/aromatic N) is 2. The van der Waals surface area contributed by atoms with Crippen LogP contribution in [0.3, 0.4) is 0 Å². The minimum atomic E-state index is 0.0994. The Morgan fingerprint density at radius 2 is 1.15 bits per heavy atom. The van der Waals surface area contributed by atoms with Crippen LogP contribution >= 0.6 is 11.3 Å². The third-order valence-electron chi connectivity index (χ3n) is 14.4. The molecule has 1 aromatic heterocycles. The van der Waals surface area contributed by atoms with Crippen molar-refractivity contribution in [1.29, 1.82) is 0 Å². The highest BCUT2D eigenvalue weighted by atomic mass is 32.1. The lowest BCUT2D eigenvalue weighted by Crippen LogP contribution is -2.61. The van der Waals surface area contributed by atoms with Crippen molar-refractivity contribution in [2.75, 3.05) is 9.80 Å². The molecule has 2 aliphatic heterocycles. The van der Waals surface area contributed by atoms with Crippen LogP contribution in [0.2, 0.25) is 0 Å². The summed E-state index contributed by atoms with van der Waals surface area (Å²) in [4.78, 5) is 5.26. The standard InChI is InChI=1S/C51H55BN2S/c1-31(2)32-19-22-44-35(27-32)46-47(55-44)52-40-29-38-39(51(9,10)26-25-50(38,7)8)30-43(40)53(34-20-21-36-37(28-34)49(5,6)24-23-48(36,3)4)41-17-14-18-42(45(41)52)54(46)33-15-12-11-13-16-33/h11-22,27-31H,23-26H2,1-10H3. The Morgan fingerprint density at radius 1 is 0.545 bits per heavy atom. The molecule has 0 atom stereocenters. The minimum absolute atomic E-state index is 0.0994. The number of para-hydroxylation sites is 1. The first-order valence-corrected chi connectivity index (χ1v) is 21.6. The molecule has 4 heteroatoms. The Bertz CT molecular complexity index is 2550. The van der Waals surface area contributed by atoms with Crippen LogP contribution in [0.15, 0.2) is 97.1 Å². The molecule has 0 radical (unpaired) electrons. The van der Waals surface area contributed by atoms with Crippen LogP contribution in [0, 0.1) is 0 Å². The van der Waals surface area contributed by atoms with Gasteiger partial charge in [0.05, 0.1) is 5.69 Å². The van der Waals surface area contributed by atoms with Crippen LogP contribution < -0.4 is 25.5 Å². The molecular formula is C51H55BN2S. The second kappa shape index (κ2) is 11.6. The molecule has 0 unspecified atom stereocenters. The van der Waals surface area contributed by atoms with Crippen LogP contribution in [0.4, 0.5) is 34.1 Å². The Balaban J connectivity index is 1.32. The van der Waals surface area contributed by atoms with E-state index in [-0.39, 0.29) is 28.4 Å². The molecule has 2 nitrogen and oxygen atoms in total. The highest BCUT2D eigenvalue weighted by molar-refractivity contribution is 7.33. The van der Waals surface area contributed by atoms with Gasteiger partial charge < -0.3 is 9.80 Å². The Labute approximate surface area is 333 Å². The molecule has 0 N–H and O–H groups in total. The Hall–Kier alpha value is -4.28. The van der Waals surface area contributed by atoms with Crippen LogP contribution in [0.1, 0.15) is 129 Å². The summed E-state index contributed by atoms with van der Waals surface area (Å²) in [6, 6.07) is 38.3. The third-order valence-corrected chi connectivity index (χ3v) is 15.6. The zero-order valence-electron chi connectivity index (χ0n) is 34.5. The second-order valence-corrected chi connectivity index (χ2v) is 21.2. The maximum Gasteiger partial charge on any atom is 0.264 e. The maximum atomic E-state index is 2.68. The van der Waals surface area contributed by atoms with Gasteiger partial charge in [0.1, 0.15) is 0 Å². The Morgan fingerprint density at radius 3 is 1.80 bits per heavy atom. The Kier molecular flexibility index (Phi) is 7.44. The van der Waals surface area contributed by atoms with Crippen molar-refractivity contribution < 1.29 is 0 Å². The summed E-state index contributed by atoms with van der Waals surface area (Å²) in [5.41, 5.74) is 18.6. The molecule has 0 spiro atoms. The lowest BCUT2D eigenvalue weighted by Gasteiger charge is -2.47. The first-order valence-electron chi connectivity index (χ1n) is 20.8. The van der Waals surface area contributed by atoms with E-state index in [2.05, 4.69) is 176 Å². The van der Waals surface area contributed by atoms with E-state index in [9.17, 15) is 0 Å². The van der Waals surface area contributed by atoms with Gasteiger partial charge in [-0.2, -0.15) is 0 Å². The van der Waals surface area contributed by atoms with Gasteiger partial charge in [-0.1, -0.05) is 112 Å². The van der Waals surface area contributed by atoms with Crippen molar-refractivity contribution >= 4 is 78.0 Å². The number of thiophene rings is 1. The molecule has 3 heterocycles. The van der Waals surface area contributed by atoms with Gasteiger partial charge in [-0.25, -0.2) is 0 Å². The fraction of sp³-hybridized carbons (Fsp3) is 0.373. The quantitative estimate of drug-likeness (QED) is 0.167. The molecule has 4 aliphatic rings. The summed E-state index contributed by atoms with van der Waals surface area (Å²) in [5.74, 6) is 0.459. The molecule has 0 saturated carbocycles.